The Hall–Kier alpha value is -1.99. The first-order valence-corrected chi connectivity index (χ1v) is 10.6. The monoisotopic (exact) mass is 407 g/mol. The number of piperidine rings is 1. The second-order valence-corrected chi connectivity index (χ2v) is 6.99. The van der Waals surface area contributed by atoms with Crippen LogP contribution in [0.2, 0.25) is 0 Å². The van der Waals surface area contributed by atoms with Crippen molar-refractivity contribution in [1.82, 2.24) is 10.2 Å². The number of hydrogen-bond donors (Lipinski definition) is 1. The standard InChI is InChI=1S/C22H37N3O4/c1-5-23-22(25-12-10-19(11-13-25)29-15-7-14-26-3)24-17-18-8-9-20(27-4)21(16-18)28-6-2/h8-9,16,19H,5-7,10-15,17H2,1-4H3,(H,23,24). The van der Waals surface area contributed by atoms with E-state index in [-0.39, 0.29) is 0 Å². The van der Waals surface area contributed by atoms with Crippen molar-refractivity contribution in [2.24, 2.45) is 4.99 Å². The molecule has 0 unspecified atom stereocenters. The Morgan fingerprint density at radius 3 is 2.59 bits per heavy atom. The molecule has 1 heterocycles. The third-order valence-corrected chi connectivity index (χ3v) is 4.86. The maximum atomic E-state index is 5.97. The number of rotatable bonds is 11. The van der Waals surface area contributed by atoms with Crippen LogP contribution in [0.1, 0.15) is 38.7 Å². The molecule has 0 aliphatic carbocycles. The molecule has 7 nitrogen and oxygen atoms in total. The number of likely N-dealkylation sites (tertiary alicyclic amines) is 1. The second-order valence-electron chi connectivity index (χ2n) is 6.99. The van der Waals surface area contributed by atoms with Gasteiger partial charge in [0.2, 0.25) is 0 Å². The lowest BCUT2D eigenvalue weighted by Gasteiger charge is -2.34. The van der Waals surface area contributed by atoms with Crippen LogP contribution in [0, 0.1) is 0 Å². The molecule has 0 radical (unpaired) electrons. The van der Waals surface area contributed by atoms with Crippen LogP contribution in [0.25, 0.3) is 0 Å². The highest BCUT2D eigenvalue weighted by molar-refractivity contribution is 5.80. The summed E-state index contributed by atoms with van der Waals surface area (Å²) >= 11 is 0. The molecule has 1 aliphatic heterocycles. The summed E-state index contributed by atoms with van der Waals surface area (Å²) in [5.74, 6) is 2.47. The minimum atomic E-state index is 0.335. The van der Waals surface area contributed by atoms with Crippen molar-refractivity contribution in [2.75, 3.05) is 53.7 Å². The third kappa shape index (κ3) is 7.74. The van der Waals surface area contributed by atoms with E-state index in [4.69, 9.17) is 23.9 Å². The predicted octanol–water partition coefficient (Wildman–Crippen LogP) is 3.08. The van der Waals surface area contributed by atoms with Gasteiger partial charge in [-0.3, -0.25) is 0 Å². The van der Waals surface area contributed by atoms with E-state index < -0.39 is 0 Å². The molecule has 0 aromatic heterocycles. The van der Waals surface area contributed by atoms with E-state index in [2.05, 4.69) is 17.1 Å². The smallest absolute Gasteiger partial charge is 0.194 e. The minimum Gasteiger partial charge on any atom is -0.493 e. The lowest BCUT2D eigenvalue weighted by atomic mass is 10.1. The normalized spacial score (nSPS) is 15.4. The van der Waals surface area contributed by atoms with E-state index in [0.29, 0.717) is 19.3 Å². The van der Waals surface area contributed by atoms with E-state index >= 15 is 0 Å². The fourth-order valence-corrected chi connectivity index (χ4v) is 3.37. The molecule has 0 saturated carbocycles. The summed E-state index contributed by atoms with van der Waals surface area (Å²) in [4.78, 5) is 7.18. The van der Waals surface area contributed by atoms with Crippen molar-refractivity contribution in [3.63, 3.8) is 0 Å². The van der Waals surface area contributed by atoms with Crippen LogP contribution in [0.5, 0.6) is 11.5 Å². The van der Waals surface area contributed by atoms with Crippen LogP contribution in [0.4, 0.5) is 0 Å². The van der Waals surface area contributed by atoms with Gasteiger partial charge in [-0.25, -0.2) is 4.99 Å². The van der Waals surface area contributed by atoms with Crippen LogP contribution in [-0.2, 0) is 16.0 Å². The maximum Gasteiger partial charge on any atom is 0.194 e. The van der Waals surface area contributed by atoms with Crippen molar-refractivity contribution in [3.8, 4) is 11.5 Å². The average molecular weight is 408 g/mol. The molecule has 0 atom stereocenters. The number of hydrogen-bond acceptors (Lipinski definition) is 5. The molecule has 0 bridgehead atoms. The molecule has 2 rings (SSSR count). The Morgan fingerprint density at radius 1 is 1.14 bits per heavy atom. The van der Waals surface area contributed by atoms with Gasteiger partial charge in [0, 0.05) is 40.0 Å². The van der Waals surface area contributed by atoms with Gasteiger partial charge in [-0.1, -0.05) is 6.07 Å². The van der Waals surface area contributed by atoms with E-state index in [1.807, 2.05) is 25.1 Å². The molecule has 1 fully saturated rings. The Kier molecular flexibility index (Phi) is 10.7. The van der Waals surface area contributed by atoms with Gasteiger partial charge in [0.1, 0.15) is 0 Å². The number of benzene rings is 1. The lowest BCUT2D eigenvalue weighted by molar-refractivity contribution is 0.00990. The molecule has 1 aliphatic rings. The summed E-state index contributed by atoms with van der Waals surface area (Å²) in [6.45, 7) is 9.55. The average Bonchev–Trinajstić information content (AvgIpc) is 2.75. The number of nitrogens with one attached hydrogen (secondary N) is 1. The number of nitrogens with zero attached hydrogens (tertiary/aromatic N) is 2. The zero-order chi connectivity index (χ0) is 20.9. The van der Waals surface area contributed by atoms with Crippen LogP contribution in [-0.4, -0.2) is 70.6 Å². The quantitative estimate of drug-likeness (QED) is 0.346. The predicted molar refractivity (Wildman–Crippen MR) is 116 cm³/mol. The maximum absolute atomic E-state index is 5.97. The van der Waals surface area contributed by atoms with E-state index in [9.17, 15) is 0 Å². The number of ether oxygens (including phenoxy) is 4. The first kappa shape index (κ1) is 23.3. The number of methoxy groups -OCH3 is 2. The number of aliphatic imine (C=N–C) groups is 1. The van der Waals surface area contributed by atoms with Crippen LogP contribution >= 0.6 is 0 Å². The Bertz CT molecular complexity index is 616. The summed E-state index contributed by atoms with van der Waals surface area (Å²) in [7, 11) is 3.38. The van der Waals surface area contributed by atoms with E-state index in [1.165, 1.54) is 0 Å². The molecule has 7 heteroatoms. The molecule has 29 heavy (non-hydrogen) atoms. The van der Waals surface area contributed by atoms with Gasteiger partial charge in [-0.15, -0.1) is 0 Å². The molecule has 1 aromatic carbocycles. The van der Waals surface area contributed by atoms with Gasteiger partial charge in [-0.05, 0) is 50.8 Å². The van der Waals surface area contributed by atoms with Crippen molar-refractivity contribution < 1.29 is 18.9 Å². The topological polar surface area (TPSA) is 64.6 Å². The van der Waals surface area contributed by atoms with Gasteiger partial charge >= 0.3 is 0 Å². The first-order valence-electron chi connectivity index (χ1n) is 10.6. The fourth-order valence-electron chi connectivity index (χ4n) is 3.37. The van der Waals surface area contributed by atoms with E-state index in [0.717, 1.165) is 75.1 Å². The van der Waals surface area contributed by atoms with Crippen molar-refractivity contribution >= 4 is 5.96 Å². The van der Waals surface area contributed by atoms with Crippen LogP contribution < -0.4 is 14.8 Å². The highest BCUT2D eigenvalue weighted by Gasteiger charge is 2.21. The zero-order valence-electron chi connectivity index (χ0n) is 18.4. The third-order valence-electron chi connectivity index (χ3n) is 4.86. The molecule has 164 valence electrons. The summed E-state index contributed by atoms with van der Waals surface area (Å²) in [5, 5.41) is 3.42. The lowest BCUT2D eigenvalue weighted by Crippen LogP contribution is -2.47. The van der Waals surface area contributed by atoms with E-state index in [1.54, 1.807) is 14.2 Å². The largest absolute Gasteiger partial charge is 0.493 e. The van der Waals surface area contributed by atoms with Crippen molar-refractivity contribution in [2.45, 2.75) is 45.8 Å². The summed E-state index contributed by atoms with van der Waals surface area (Å²) in [6.07, 6.45) is 3.33. The molecular formula is C22H37N3O4. The van der Waals surface area contributed by atoms with Gasteiger partial charge < -0.3 is 29.2 Å². The van der Waals surface area contributed by atoms with Crippen LogP contribution in [0.3, 0.4) is 0 Å². The SMILES string of the molecule is CCNC(=NCc1ccc(OC)c(OCC)c1)N1CCC(OCCCOC)CC1. The molecule has 1 aromatic rings. The van der Waals surface area contributed by atoms with Crippen molar-refractivity contribution in [3.05, 3.63) is 23.8 Å². The molecule has 0 amide bonds. The molecule has 0 spiro atoms. The van der Waals surface area contributed by atoms with Crippen LogP contribution in [0.15, 0.2) is 23.2 Å². The minimum absolute atomic E-state index is 0.335. The Morgan fingerprint density at radius 2 is 1.93 bits per heavy atom. The highest BCUT2D eigenvalue weighted by Crippen LogP contribution is 2.28. The summed E-state index contributed by atoms with van der Waals surface area (Å²) in [6, 6.07) is 5.99. The Balaban J connectivity index is 1.92. The molecular weight excluding hydrogens is 370 g/mol. The highest BCUT2D eigenvalue weighted by atomic mass is 16.5. The fraction of sp³-hybridized carbons (Fsp3) is 0.682. The van der Waals surface area contributed by atoms with Crippen molar-refractivity contribution in [1.29, 1.82) is 0 Å². The van der Waals surface area contributed by atoms with Gasteiger partial charge in [0.15, 0.2) is 17.5 Å². The summed E-state index contributed by atoms with van der Waals surface area (Å²) in [5.41, 5.74) is 1.10. The molecule has 1 N–H and O–H groups in total. The Labute approximate surface area is 175 Å². The summed E-state index contributed by atoms with van der Waals surface area (Å²) < 4.78 is 22.1. The van der Waals surface area contributed by atoms with Gasteiger partial charge in [0.05, 0.1) is 26.4 Å². The first-order chi connectivity index (χ1) is 14.2. The number of guanidine groups is 1. The molecule has 1 saturated heterocycles. The van der Waals surface area contributed by atoms with Gasteiger partial charge in [-0.2, -0.15) is 0 Å². The second kappa shape index (κ2) is 13.3. The van der Waals surface area contributed by atoms with Gasteiger partial charge in [0.25, 0.3) is 0 Å². The zero-order valence-corrected chi connectivity index (χ0v) is 18.4.